The maximum absolute atomic E-state index is 12.8. The lowest BCUT2D eigenvalue weighted by Gasteiger charge is -2.21. The standard InChI is InChI=1S/C25H25N5O3/c31-25(19-3-1-2-18(16-19)22-8-9-23-24(27-22)29-30-28-23)26-20-4-6-21(7-5-20)33-15-12-17-10-13-32-14-11-17/h1-9,16-17H,10-15H2,(H,26,31)(H,27,28,29,30). The van der Waals surface area contributed by atoms with Crippen molar-refractivity contribution in [2.75, 3.05) is 25.1 Å². The van der Waals surface area contributed by atoms with Crippen LogP contribution in [0.4, 0.5) is 5.69 Å². The van der Waals surface area contributed by atoms with E-state index in [1.807, 2.05) is 54.6 Å². The molecule has 2 N–H and O–H groups in total. The van der Waals surface area contributed by atoms with Gasteiger partial charge >= 0.3 is 0 Å². The SMILES string of the molecule is O=C(Nc1ccc(OCCC2CCOCC2)cc1)c1cccc(-c2ccc3n[nH]nc3n2)c1. The lowest BCUT2D eigenvalue weighted by atomic mass is 9.97. The van der Waals surface area contributed by atoms with Crippen LogP contribution in [-0.4, -0.2) is 46.1 Å². The first-order valence-electron chi connectivity index (χ1n) is 11.1. The lowest BCUT2D eigenvalue weighted by Crippen LogP contribution is -2.17. The van der Waals surface area contributed by atoms with Crippen LogP contribution in [0.3, 0.4) is 0 Å². The van der Waals surface area contributed by atoms with Crippen molar-refractivity contribution in [3.05, 3.63) is 66.2 Å². The smallest absolute Gasteiger partial charge is 0.255 e. The number of anilines is 1. The van der Waals surface area contributed by atoms with Crippen LogP contribution < -0.4 is 10.1 Å². The van der Waals surface area contributed by atoms with Crippen molar-refractivity contribution in [2.24, 2.45) is 5.92 Å². The summed E-state index contributed by atoms with van der Waals surface area (Å²) in [6.45, 7) is 2.40. The van der Waals surface area contributed by atoms with Gasteiger partial charge in [0.2, 0.25) is 5.65 Å². The van der Waals surface area contributed by atoms with Crippen molar-refractivity contribution < 1.29 is 14.3 Å². The summed E-state index contributed by atoms with van der Waals surface area (Å²) in [6, 6.07) is 18.5. The molecule has 0 bridgehead atoms. The van der Waals surface area contributed by atoms with Gasteiger partial charge in [0.25, 0.3) is 5.91 Å². The molecule has 1 aliphatic rings. The Kier molecular flexibility index (Phi) is 6.25. The molecule has 8 heteroatoms. The Morgan fingerprint density at radius 1 is 1.06 bits per heavy atom. The predicted octanol–water partition coefficient (Wildman–Crippen LogP) is 4.47. The van der Waals surface area contributed by atoms with Gasteiger partial charge in [-0.2, -0.15) is 10.3 Å². The normalized spacial score (nSPS) is 14.3. The van der Waals surface area contributed by atoms with E-state index in [0.717, 1.165) is 49.5 Å². The minimum absolute atomic E-state index is 0.187. The summed E-state index contributed by atoms with van der Waals surface area (Å²) in [7, 11) is 0. The second-order valence-corrected chi connectivity index (χ2v) is 8.12. The topological polar surface area (TPSA) is 102 Å². The lowest BCUT2D eigenvalue weighted by molar-refractivity contribution is 0.0593. The van der Waals surface area contributed by atoms with Crippen LogP contribution in [0, 0.1) is 5.92 Å². The minimum atomic E-state index is -0.187. The molecule has 2 aromatic carbocycles. The van der Waals surface area contributed by atoms with E-state index in [2.05, 4.69) is 25.7 Å². The van der Waals surface area contributed by atoms with Crippen LogP contribution in [0.1, 0.15) is 29.6 Å². The molecule has 168 valence electrons. The molecule has 0 saturated carbocycles. The van der Waals surface area contributed by atoms with Gasteiger partial charge in [-0.25, -0.2) is 4.98 Å². The number of hydrogen-bond acceptors (Lipinski definition) is 6. The van der Waals surface area contributed by atoms with Crippen LogP contribution in [0.5, 0.6) is 5.75 Å². The Balaban J connectivity index is 1.19. The number of pyridine rings is 1. The number of rotatable bonds is 7. The molecule has 0 aliphatic carbocycles. The molecule has 1 aliphatic heterocycles. The van der Waals surface area contributed by atoms with Gasteiger partial charge in [-0.1, -0.05) is 12.1 Å². The van der Waals surface area contributed by atoms with Crippen molar-refractivity contribution in [3.8, 4) is 17.0 Å². The third kappa shape index (κ3) is 5.18. The quantitative estimate of drug-likeness (QED) is 0.437. The van der Waals surface area contributed by atoms with Gasteiger partial charge in [0.05, 0.1) is 12.3 Å². The fraction of sp³-hybridized carbons (Fsp3) is 0.280. The van der Waals surface area contributed by atoms with Gasteiger partial charge in [-0.05, 0) is 73.7 Å². The molecule has 0 atom stereocenters. The Bertz CT molecular complexity index is 1230. The number of hydrogen-bond donors (Lipinski definition) is 2. The van der Waals surface area contributed by atoms with E-state index < -0.39 is 0 Å². The number of fused-ring (bicyclic) bond motifs is 1. The summed E-state index contributed by atoms with van der Waals surface area (Å²) in [5.41, 5.74) is 4.06. The van der Waals surface area contributed by atoms with Gasteiger partial charge in [0, 0.05) is 30.0 Å². The van der Waals surface area contributed by atoms with Crippen molar-refractivity contribution in [1.29, 1.82) is 0 Å². The number of aromatic nitrogens is 4. The van der Waals surface area contributed by atoms with Gasteiger partial charge in [-0.15, -0.1) is 5.10 Å². The summed E-state index contributed by atoms with van der Waals surface area (Å²) < 4.78 is 11.3. The molecule has 5 rings (SSSR count). The highest BCUT2D eigenvalue weighted by Gasteiger charge is 2.14. The fourth-order valence-electron chi connectivity index (χ4n) is 3.93. The van der Waals surface area contributed by atoms with Crippen LogP contribution in [0.25, 0.3) is 22.4 Å². The summed E-state index contributed by atoms with van der Waals surface area (Å²) in [5.74, 6) is 1.30. The number of carbonyl (C=O) groups excluding carboxylic acids is 1. The van der Waals surface area contributed by atoms with Gasteiger partial charge in [-0.3, -0.25) is 4.79 Å². The van der Waals surface area contributed by atoms with Crippen LogP contribution in [-0.2, 0) is 4.74 Å². The molecule has 1 fully saturated rings. The summed E-state index contributed by atoms with van der Waals surface area (Å²) >= 11 is 0. The van der Waals surface area contributed by atoms with E-state index in [4.69, 9.17) is 9.47 Å². The first kappa shape index (κ1) is 21.1. The second kappa shape index (κ2) is 9.79. The first-order valence-corrected chi connectivity index (χ1v) is 11.1. The third-order valence-corrected chi connectivity index (χ3v) is 5.85. The molecule has 33 heavy (non-hydrogen) atoms. The molecule has 0 spiro atoms. The molecule has 2 aromatic heterocycles. The number of amides is 1. The van der Waals surface area contributed by atoms with E-state index in [1.165, 1.54) is 0 Å². The van der Waals surface area contributed by atoms with Crippen molar-refractivity contribution in [1.82, 2.24) is 20.4 Å². The fourth-order valence-corrected chi connectivity index (χ4v) is 3.93. The zero-order valence-electron chi connectivity index (χ0n) is 18.2. The van der Waals surface area contributed by atoms with Gasteiger partial charge in [0.15, 0.2) is 0 Å². The monoisotopic (exact) mass is 443 g/mol. The highest BCUT2D eigenvalue weighted by molar-refractivity contribution is 6.05. The van der Waals surface area contributed by atoms with Crippen molar-refractivity contribution in [3.63, 3.8) is 0 Å². The molecule has 4 aromatic rings. The number of benzene rings is 2. The molecule has 0 radical (unpaired) electrons. The number of ether oxygens (including phenoxy) is 2. The zero-order chi connectivity index (χ0) is 22.5. The van der Waals surface area contributed by atoms with E-state index in [9.17, 15) is 4.79 Å². The summed E-state index contributed by atoms with van der Waals surface area (Å²) in [5, 5.41) is 13.5. The van der Waals surface area contributed by atoms with Crippen molar-refractivity contribution >= 4 is 22.8 Å². The molecule has 1 saturated heterocycles. The number of aromatic amines is 1. The Labute approximate surface area is 191 Å². The van der Waals surface area contributed by atoms with Crippen LogP contribution in [0.2, 0.25) is 0 Å². The van der Waals surface area contributed by atoms with E-state index in [0.29, 0.717) is 34.9 Å². The average Bonchev–Trinajstić information content (AvgIpc) is 3.34. The Morgan fingerprint density at radius 3 is 2.76 bits per heavy atom. The molecular formula is C25H25N5O3. The molecule has 1 amide bonds. The van der Waals surface area contributed by atoms with Crippen LogP contribution in [0.15, 0.2) is 60.7 Å². The predicted molar refractivity (Wildman–Crippen MR) is 125 cm³/mol. The maximum atomic E-state index is 12.8. The zero-order valence-corrected chi connectivity index (χ0v) is 18.2. The van der Waals surface area contributed by atoms with E-state index >= 15 is 0 Å². The number of nitrogens with zero attached hydrogens (tertiary/aromatic N) is 3. The summed E-state index contributed by atoms with van der Waals surface area (Å²) in [4.78, 5) is 17.3. The van der Waals surface area contributed by atoms with Gasteiger partial charge < -0.3 is 14.8 Å². The largest absolute Gasteiger partial charge is 0.494 e. The minimum Gasteiger partial charge on any atom is -0.494 e. The number of H-pyrrole nitrogens is 1. The average molecular weight is 444 g/mol. The summed E-state index contributed by atoms with van der Waals surface area (Å²) in [6.07, 6.45) is 3.26. The maximum Gasteiger partial charge on any atom is 0.255 e. The number of nitrogens with one attached hydrogen (secondary N) is 2. The number of carbonyl (C=O) groups is 1. The Morgan fingerprint density at radius 2 is 1.91 bits per heavy atom. The van der Waals surface area contributed by atoms with Crippen molar-refractivity contribution in [2.45, 2.75) is 19.3 Å². The highest BCUT2D eigenvalue weighted by Crippen LogP contribution is 2.23. The molecular weight excluding hydrogens is 418 g/mol. The van der Waals surface area contributed by atoms with Crippen LogP contribution >= 0.6 is 0 Å². The molecule has 0 unspecified atom stereocenters. The third-order valence-electron chi connectivity index (χ3n) is 5.85. The molecule has 3 heterocycles. The first-order chi connectivity index (χ1) is 16.2. The Hall–Kier alpha value is -3.78. The van der Waals surface area contributed by atoms with Gasteiger partial charge in [0.1, 0.15) is 11.3 Å². The van der Waals surface area contributed by atoms with E-state index in [1.54, 1.807) is 6.07 Å². The van der Waals surface area contributed by atoms with E-state index in [-0.39, 0.29) is 5.91 Å². The molecule has 8 nitrogen and oxygen atoms in total. The second-order valence-electron chi connectivity index (χ2n) is 8.12. The highest BCUT2D eigenvalue weighted by atomic mass is 16.5.